The third kappa shape index (κ3) is 3.12. The average molecular weight is 327 g/mol. The SMILES string of the molecule is COc1ccccc1C(=O)NNc1nc2c(C)cc(C)cc2s1. The van der Waals surface area contributed by atoms with Crippen LogP contribution in [0.4, 0.5) is 5.13 Å². The fourth-order valence-electron chi connectivity index (χ4n) is 2.43. The lowest BCUT2D eigenvalue weighted by Crippen LogP contribution is -2.29. The third-order valence-corrected chi connectivity index (χ3v) is 4.38. The van der Waals surface area contributed by atoms with Gasteiger partial charge < -0.3 is 4.74 Å². The largest absolute Gasteiger partial charge is 0.496 e. The van der Waals surface area contributed by atoms with Crippen molar-refractivity contribution in [1.29, 1.82) is 0 Å². The first kappa shape index (κ1) is 15.3. The molecule has 6 heteroatoms. The Hall–Kier alpha value is -2.60. The second-order valence-electron chi connectivity index (χ2n) is 5.23. The molecule has 0 saturated carbocycles. The van der Waals surface area contributed by atoms with Gasteiger partial charge in [0.2, 0.25) is 5.13 Å². The highest BCUT2D eigenvalue weighted by atomic mass is 32.1. The minimum absolute atomic E-state index is 0.269. The van der Waals surface area contributed by atoms with E-state index < -0.39 is 0 Å². The Kier molecular flexibility index (Phi) is 4.16. The number of fused-ring (bicyclic) bond motifs is 1. The van der Waals surface area contributed by atoms with Gasteiger partial charge in [0, 0.05) is 0 Å². The van der Waals surface area contributed by atoms with Crippen LogP contribution in [-0.4, -0.2) is 18.0 Å². The van der Waals surface area contributed by atoms with Crippen LogP contribution >= 0.6 is 11.3 Å². The number of amides is 1. The smallest absolute Gasteiger partial charge is 0.273 e. The Bertz CT molecular complexity index is 873. The topological polar surface area (TPSA) is 63.2 Å². The lowest BCUT2D eigenvalue weighted by Gasteiger charge is -2.09. The predicted molar refractivity (Wildman–Crippen MR) is 93.2 cm³/mol. The van der Waals surface area contributed by atoms with Crippen LogP contribution in [0.3, 0.4) is 0 Å². The van der Waals surface area contributed by atoms with E-state index in [1.54, 1.807) is 18.2 Å². The second kappa shape index (κ2) is 6.26. The van der Waals surface area contributed by atoms with Crippen LogP contribution in [0.25, 0.3) is 10.2 Å². The van der Waals surface area contributed by atoms with Gasteiger partial charge >= 0.3 is 0 Å². The lowest BCUT2D eigenvalue weighted by molar-refractivity contribution is 0.0959. The maximum Gasteiger partial charge on any atom is 0.273 e. The molecule has 2 aromatic carbocycles. The summed E-state index contributed by atoms with van der Waals surface area (Å²) in [5, 5.41) is 0.650. The molecule has 0 atom stereocenters. The van der Waals surface area contributed by atoms with Crippen LogP contribution in [0, 0.1) is 13.8 Å². The monoisotopic (exact) mass is 327 g/mol. The molecular weight excluding hydrogens is 310 g/mol. The number of nitrogens with one attached hydrogen (secondary N) is 2. The van der Waals surface area contributed by atoms with Crippen molar-refractivity contribution in [3.05, 3.63) is 53.1 Å². The normalized spacial score (nSPS) is 10.6. The van der Waals surface area contributed by atoms with Crippen molar-refractivity contribution in [2.75, 3.05) is 12.5 Å². The van der Waals surface area contributed by atoms with E-state index in [1.807, 2.05) is 13.0 Å². The molecule has 1 amide bonds. The summed E-state index contributed by atoms with van der Waals surface area (Å²) in [6, 6.07) is 11.3. The van der Waals surface area contributed by atoms with Crippen molar-refractivity contribution in [1.82, 2.24) is 10.4 Å². The summed E-state index contributed by atoms with van der Waals surface area (Å²) >= 11 is 1.50. The van der Waals surface area contributed by atoms with E-state index in [-0.39, 0.29) is 5.91 Å². The van der Waals surface area contributed by atoms with Crippen molar-refractivity contribution >= 4 is 32.6 Å². The van der Waals surface area contributed by atoms with Crippen molar-refractivity contribution in [2.24, 2.45) is 0 Å². The number of benzene rings is 2. The van der Waals surface area contributed by atoms with Gasteiger partial charge in [0.05, 0.1) is 22.9 Å². The predicted octanol–water partition coefficient (Wildman–Crippen LogP) is 3.68. The highest BCUT2D eigenvalue weighted by molar-refractivity contribution is 7.22. The zero-order chi connectivity index (χ0) is 16.4. The quantitative estimate of drug-likeness (QED) is 0.718. The van der Waals surface area contributed by atoms with Gasteiger partial charge in [0.15, 0.2) is 0 Å². The van der Waals surface area contributed by atoms with Crippen LogP contribution in [0.15, 0.2) is 36.4 Å². The summed E-state index contributed by atoms with van der Waals surface area (Å²) in [4.78, 5) is 16.8. The molecule has 0 spiro atoms. The van der Waals surface area contributed by atoms with Crippen molar-refractivity contribution < 1.29 is 9.53 Å². The van der Waals surface area contributed by atoms with Gasteiger partial charge in [-0.1, -0.05) is 29.5 Å². The highest BCUT2D eigenvalue weighted by Crippen LogP contribution is 2.29. The first-order valence-corrected chi connectivity index (χ1v) is 7.97. The molecule has 1 aromatic heterocycles. The van der Waals surface area contributed by atoms with Crippen molar-refractivity contribution in [3.63, 3.8) is 0 Å². The molecule has 0 aliphatic carbocycles. The third-order valence-electron chi connectivity index (χ3n) is 3.46. The molecule has 1 heterocycles. The highest BCUT2D eigenvalue weighted by Gasteiger charge is 2.12. The number of nitrogens with zero attached hydrogens (tertiary/aromatic N) is 1. The number of hydrogen-bond donors (Lipinski definition) is 2. The number of para-hydroxylation sites is 1. The molecule has 0 fully saturated rings. The van der Waals surface area contributed by atoms with Crippen LogP contribution in [0.2, 0.25) is 0 Å². The number of rotatable bonds is 4. The van der Waals surface area contributed by atoms with Gasteiger partial charge in [-0.2, -0.15) is 0 Å². The summed E-state index contributed by atoms with van der Waals surface area (Å²) in [6.45, 7) is 4.09. The average Bonchev–Trinajstić information content (AvgIpc) is 2.95. The molecule has 0 radical (unpaired) electrons. The van der Waals surface area contributed by atoms with Crippen LogP contribution in [-0.2, 0) is 0 Å². The Balaban J connectivity index is 1.78. The molecule has 118 valence electrons. The van der Waals surface area contributed by atoms with E-state index in [9.17, 15) is 4.79 Å². The Labute approximate surface area is 138 Å². The van der Waals surface area contributed by atoms with Gasteiger partial charge in [0.1, 0.15) is 5.75 Å². The van der Waals surface area contributed by atoms with Gasteiger partial charge in [-0.15, -0.1) is 0 Å². The molecule has 0 aliphatic rings. The van der Waals surface area contributed by atoms with Crippen molar-refractivity contribution in [2.45, 2.75) is 13.8 Å². The van der Waals surface area contributed by atoms with Crippen LogP contribution in [0.5, 0.6) is 5.75 Å². The number of hydrogen-bond acceptors (Lipinski definition) is 5. The first-order chi connectivity index (χ1) is 11.1. The minimum Gasteiger partial charge on any atom is -0.496 e. The molecule has 5 nitrogen and oxygen atoms in total. The van der Waals surface area contributed by atoms with E-state index in [0.717, 1.165) is 15.8 Å². The first-order valence-electron chi connectivity index (χ1n) is 7.15. The van der Waals surface area contributed by atoms with E-state index >= 15 is 0 Å². The zero-order valence-corrected chi connectivity index (χ0v) is 14.0. The number of methoxy groups -OCH3 is 1. The molecule has 3 rings (SSSR count). The maximum atomic E-state index is 12.3. The number of anilines is 1. The molecule has 0 saturated heterocycles. The number of hydrazine groups is 1. The number of carbonyl (C=O) groups is 1. The number of thiazole rings is 1. The zero-order valence-electron chi connectivity index (χ0n) is 13.1. The van der Waals surface area contributed by atoms with Crippen LogP contribution < -0.4 is 15.6 Å². The Morgan fingerprint density at radius 3 is 2.78 bits per heavy atom. The van der Waals surface area contributed by atoms with Gasteiger partial charge in [-0.3, -0.25) is 15.6 Å². The molecule has 3 aromatic rings. The number of aryl methyl sites for hydroxylation is 2. The number of aromatic nitrogens is 1. The summed E-state index contributed by atoms with van der Waals surface area (Å²) in [5.74, 6) is 0.261. The van der Waals surface area contributed by atoms with E-state index in [4.69, 9.17) is 4.74 Å². The molecule has 0 bridgehead atoms. The fraction of sp³-hybridized carbons (Fsp3) is 0.176. The number of carbonyl (C=O) groups excluding carboxylic acids is 1. The van der Waals surface area contributed by atoms with E-state index in [1.165, 1.54) is 24.0 Å². The van der Waals surface area contributed by atoms with Crippen LogP contribution in [0.1, 0.15) is 21.5 Å². The molecule has 0 unspecified atom stereocenters. The standard InChI is InChI=1S/C17H17N3O2S/c1-10-8-11(2)15-14(9-10)23-17(18-15)20-19-16(21)12-6-4-5-7-13(12)22-3/h4-9H,1-3H3,(H,18,20)(H,19,21). The number of ether oxygens (including phenoxy) is 1. The van der Waals surface area contributed by atoms with Crippen molar-refractivity contribution in [3.8, 4) is 5.75 Å². The van der Waals surface area contributed by atoms with Gasteiger partial charge in [-0.25, -0.2) is 4.98 Å². The fourth-order valence-corrected chi connectivity index (χ4v) is 3.43. The molecule has 23 heavy (non-hydrogen) atoms. The van der Waals surface area contributed by atoms with Gasteiger partial charge in [0.25, 0.3) is 5.91 Å². The Morgan fingerprint density at radius 2 is 2.00 bits per heavy atom. The molecule has 0 aliphatic heterocycles. The minimum atomic E-state index is -0.269. The summed E-state index contributed by atoms with van der Waals surface area (Å²) in [5.41, 5.74) is 9.29. The molecule has 2 N–H and O–H groups in total. The second-order valence-corrected chi connectivity index (χ2v) is 6.26. The van der Waals surface area contributed by atoms with E-state index in [2.05, 4.69) is 34.9 Å². The maximum absolute atomic E-state index is 12.3. The van der Waals surface area contributed by atoms with E-state index in [0.29, 0.717) is 16.4 Å². The molecular formula is C17H17N3O2S. The Morgan fingerprint density at radius 1 is 1.22 bits per heavy atom. The summed E-state index contributed by atoms with van der Waals surface area (Å²) in [7, 11) is 1.54. The summed E-state index contributed by atoms with van der Waals surface area (Å²) < 4.78 is 6.29. The summed E-state index contributed by atoms with van der Waals surface area (Å²) in [6.07, 6.45) is 0. The van der Waals surface area contributed by atoms with Gasteiger partial charge in [-0.05, 0) is 43.2 Å². The lowest BCUT2D eigenvalue weighted by atomic mass is 10.1.